The zero-order valence-electron chi connectivity index (χ0n) is 8.19. The van der Waals surface area contributed by atoms with Crippen LogP contribution < -0.4 is 0 Å². The first-order valence-electron chi connectivity index (χ1n) is 4.70. The predicted molar refractivity (Wildman–Crippen MR) is 48.7 cm³/mol. The van der Waals surface area contributed by atoms with Crippen LogP contribution in [0.25, 0.3) is 0 Å². The van der Waals surface area contributed by atoms with Crippen molar-refractivity contribution in [2.24, 2.45) is 0 Å². The van der Waals surface area contributed by atoms with Crippen LogP contribution in [0.4, 0.5) is 0 Å². The Kier molecular flexibility index (Phi) is 3.69. The molecule has 1 N–H and O–H groups in total. The van der Waals surface area contributed by atoms with Gasteiger partial charge >= 0.3 is 5.97 Å². The molecular formula is C9H17NO3. The fourth-order valence-electron chi connectivity index (χ4n) is 1.50. The molecule has 1 fully saturated rings. The second-order valence-corrected chi connectivity index (χ2v) is 3.52. The van der Waals surface area contributed by atoms with Crippen molar-refractivity contribution in [3.8, 4) is 0 Å². The maximum atomic E-state index is 10.6. The minimum absolute atomic E-state index is 0.103. The maximum absolute atomic E-state index is 10.6. The number of carboxylic acid groups (broad SMARTS) is 1. The number of hydrogen-bond acceptors (Lipinski definition) is 3. The molecule has 0 aliphatic carbocycles. The van der Waals surface area contributed by atoms with Gasteiger partial charge in [-0.2, -0.15) is 0 Å². The summed E-state index contributed by atoms with van der Waals surface area (Å²) in [5.74, 6) is -0.832. The Morgan fingerprint density at radius 3 is 2.77 bits per heavy atom. The molecular weight excluding hydrogens is 170 g/mol. The van der Waals surface area contributed by atoms with Gasteiger partial charge in [0.15, 0.2) is 6.10 Å². The van der Waals surface area contributed by atoms with Crippen LogP contribution in [-0.4, -0.2) is 48.3 Å². The van der Waals surface area contributed by atoms with E-state index in [1.807, 2.05) is 7.05 Å². The van der Waals surface area contributed by atoms with E-state index in [9.17, 15) is 4.79 Å². The Hall–Kier alpha value is -0.610. The molecule has 1 aliphatic rings. The summed E-state index contributed by atoms with van der Waals surface area (Å²) in [6.45, 7) is 3.88. The molecule has 0 amide bonds. The van der Waals surface area contributed by atoms with Crippen molar-refractivity contribution < 1.29 is 14.6 Å². The number of aliphatic carboxylic acids is 1. The quantitative estimate of drug-likeness (QED) is 0.699. The summed E-state index contributed by atoms with van der Waals surface area (Å²) in [6.07, 6.45) is 1.04. The van der Waals surface area contributed by atoms with Crippen LogP contribution in [0.1, 0.15) is 19.8 Å². The molecule has 1 rings (SSSR count). The van der Waals surface area contributed by atoms with Gasteiger partial charge in [0, 0.05) is 6.54 Å². The lowest BCUT2D eigenvalue weighted by Crippen LogP contribution is -2.30. The third kappa shape index (κ3) is 2.97. The van der Waals surface area contributed by atoms with Crippen molar-refractivity contribution in [3.05, 3.63) is 0 Å². The van der Waals surface area contributed by atoms with Crippen molar-refractivity contribution in [2.45, 2.75) is 32.0 Å². The molecule has 0 unspecified atom stereocenters. The number of nitrogens with zero attached hydrogens (tertiary/aromatic N) is 1. The van der Waals surface area contributed by atoms with Gasteiger partial charge in [-0.15, -0.1) is 0 Å². The molecule has 1 heterocycles. The molecule has 4 heteroatoms. The Morgan fingerprint density at radius 2 is 2.31 bits per heavy atom. The highest BCUT2D eigenvalue weighted by molar-refractivity contribution is 5.72. The summed E-state index contributed by atoms with van der Waals surface area (Å²) in [5, 5.41) is 8.68. The van der Waals surface area contributed by atoms with Crippen molar-refractivity contribution in [1.82, 2.24) is 4.90 Å². The average Bonchev–Trinajstić information content (AvgIpc) is 2.52. The van der Waals surface area contributed by atoms with Gasteiger partial charge in [-0.3, -0.25) is 0 Å². The zero-order valence-corrected chi connectivity index (χ0v) is 8.19. The van der Waals surface area contributed by atoms with Crippen molar-refractivity contribution in [2.75, 3.05) is 20.1 Å². The lowest BCUT2D eigenvalue weighted by Gasteiger charge is -2.18. The zero-order chi connectivity index (χ0) is 9.84. The number of rotatable bonds is 4. The largest absolute Gasteiger partial charge is 0.479 e. The Morgan fingerprint density at radius 1 is 1.62 bits per heavy atom. The van der Waals surface area contributed by atoms with E-state index in [0.717, 1.165) is 19.5 Å². The molecule has 0 aromatic rings. The number of ether oxygens (including phenoxy) is 1. The Bertz CT molecular complexity index is 184. The van der Waals surface area contributed by atoms with E-state index < -0.39 is 12.1 Å². The molecule has 0 saturated carbocycles. The van der Waals surface area contributed by atoms with Gasteiger partial charge in [0.25, 0.3) is 0 Å². The molecule has 13 heavy (non-hydrogen) atoms. The van der Waals surface area contributed by atoms with Gasteiger partial charge in [-0.1, -0.05) is 6.92 Å². The van der Waals surface area contributed by atoms with Crippen LogP contribution >= 0.6 is 0 Å². The van der Waals surface area contributed by atoms with Crippen LogP contribution in [0.5, 0.6) is 0 Å². The smallest absolute Gasteiger partial charge is 0.332 e. The first-order chi connectivity index (χ1) is 6.13. The second kappa shape index (κ2) is 4.58. The minimum Gasteiger partial charge on any atom is -0.479 e. The number of carboxylic acids is 1. The molecule has 0 aromatic carbocycles. The summed E-state index contributed by atoms with van der Waals surface area (Å²) in [4.78, 5) is 12.7. The monoisotopic (exact) mass is 187 g/mol. The maximum Gasteiger partial charge on any atom is 0.332 e. The van der Waals surface area contributed by atoms with E-state index in [4.69, 9.17) is 9.84 Å². The van der Waals surface area contributed by atoms with Crippen molar-refractivity contribution in [1.29, 1.82) is 0 Å². The molecule has 2 atom stereocenters. The third-order valence-electron chi connectivity index (χ3n) is 2.44. The minimum atomic E-state index is -0.832. The van der Waals surface area contributed by atoms with E-state index in [1.54, 1.807) is 0 Å². The van der Waals surface area contributed by atoms with Crippen molar-refractivity contribution in [3.63, 3.8) is 0 Å². The standard InChI is InChI=1S/C9H17NO3/c1-3-10(2)6-7-4-5-8(13-7)9(11)12/h7-8H,3-6H2,1-2H3,(H,11,12)/t7-,8+/m0/s1. The van der Waals surface area contributed by atoms with Gasteiger partial charge in [0.05, 0.1) is 6.10 Å². The lowest BCUT2D eigenvalue weighted by atomic mass is 10.2. The lowest BCUT2D eigenvalue weighted by molar-refractivity contribution is -0.149. The Labute approximate surface area is 78.5 Å². The Balaban J connectivity index is 2.29. The summed E-state index contributed by atoms with van der Waals surface area (Å²) < 4.78 is 5.35. The van der Waals surface area contributed by atoms with E-state index in [-0.39, 0.29) is 6.10 Å². The summed E-state index contributed by atoms with van der Waals surface area (Å²) in [6, 6.07) is 0. The topological polar surface area (TPSA) is 49.8 Å². The molecule has 0 aromatic heterocycles. The summed E-state index contributed by atoms with van der Waals surface area (Å²) in [5.41, 5.74) is 0. The van der Waals surface area contributed by atoms with Crippen molar-refractivity contribution >= 4 is 5.97 Å². The molecule has 0 bridgehead atoms. The van der Waals surface area contributed by atoms with Crippen LogP contribution in [0, 0.1) is 0 Å². The molecule has 0 radical (unpaired) electrons. The predicted octanol–water partition coefficient (Wildman–Crippen LogP) is 0.570. The highest BCUT2D eigenvalue weighted by Crippen LogP contribution is 2.20. The van der Waals surface area contributed by atoms with Gasteiger partial charge in [-0.25, -0.2) is 4.79 Å². The molecule has 1 aliphatic heterocycles. The SMILES string of the molecule is CCN(C)C[C@@H]1CC[C@H](C(=O)O)O1. The van der Waals surface area contributed by atoms with Gasteiger partial charge < -0.3 is 14.7 Å². The highest BCUT2D eigenvalue weighted by atomic mass is 16.5. The number of hydrogen-bond donors (Lipinski definition) is 1. The van der Waals surface area contributed by atoms with E-state index in [1.165, 1.54) is 0 Å². The van der Waals surface area contributed by atoms with Gasteiger partial charge in [0.1, 0.15) is 0 Å². The molecule has 76 valence electrons. The van der Waals surface area contributed by atoms with Crippen LogP contribution in [0.2, 0.25) is 0 Å². The first-order valence-corrected chi connectivity index (χ1v) is 4.70. The highest BCUT2D eigenvalue weighted by Gasteiger charge is 2.30. The molecule has 0 spiro atoms. The second-order valence-electron chi connectivity index (χ2n) is 3.52. The fraction of sp³-hybridized carbons (Fsp3) is 0.889. The molecule has 4 nitrogen and oxygen atoms in total. The van der Waals surface area contributed by atoms with Crippen LogP contribution in [-0.2, 0) is 9.53 Å². The van der Waals surface area contributed by atoms with Crippen LogP contribution in [0.15, 0.2) is 0 Å². The third-order valence-corrected chi connectivity index (χ3v) is 2.44. The van der Waals surface area contributed by atoms with Gasteiger partial charge in [-0.05, 0) is 26.4 Å². The number of carbonyl (C=O) groups is 1. The normalized spacial score (nSPS) is 28.2. The molecule has 1 saturated heterocycles. The van der Waals surface area contributed by atoms with E-state index in [2.05, 4.69) is 11.8 Å². The van der Waals surface area contributed by atoms with Crippen LogP contribution in [0.3, 0.4) is 0 Å². The summed E-state index contributed by atoms with van der Waals surface area (Å²) >= 11 is 0. The first kappa shape index (κ1) is 10.5. The number of likely N-dealkylation sites (N-methyl/N-ethyl adjacent to an activating group) is 1. The fourth-order valence-corrected chi connectivity index (χ4v) is 1.50. The van der Waals surface area contributed by atoms with E-state index >= 15 is 0 Å². The van der Waals surface area contributed by atoms with E-state index in [0.29, 0.717) is 6.42 Å². The summed E-state index contributed by atoms with van der Waals surface area (Å²) in [7, 11) is 2.01. The average molecular weight is 187 g/mol. The van der Waals surface area contributed by atoms with Gasteiger partial charge in [0.2, 0.25) is 0 Å².